The molecule has 1 fully saturated rings. The summed E-state index contributed by atoms with van der Waals surface area (Å²) in [7, 11) is 2.04. The fourth-order valence-electron chi connectivity index (χ4n) is 4.06. The number of hydrogen-bond acceptors (Lipinski definition) is 6. The molecule has 1 aromatic heterocycles. The van der Waals surface area contributed by atoms with E-state index in [1.807, 2.05) is 26.1 Å². The van der Waals surface area contributed by atoms with Crippen molar-refractivity contribution in [1.29, 1.82) is 0 Å². The van der Waals surface area contributed by atoms with Crippen LogP contribution in [0.3, 0.4) is 0 Å². The third-order valence-electron chi connectivity index (χ3n) is 5.35. The summed E-state index contributed by atoms with van der Waals surface area (Å²) in [6.45, 7) is 6.86. The number of likely N-dealkylation sites (N-methyl/N-ethyl adjacent to an activating group) is 1. The van der Waals surface area contributed by atoms with E-state index in [0.29, 0.717) is 13.2 Å². The number of β-amino-alcohol motifs (C(OH)–C–C–N with tert-alkyl or cyclic N) is 1. The van der Waals surface area contributed by atoms with Crippen LogP contribution in [0.25, 0.3) is 0 Å². The van der Waals surface area contributed by atoms with E-state index in [0.717, 1.165) is 50.0 Å². The lowest BCUT2D eigenvalue weighted by molar-refractivity contribution is 0.182. The summed E-state index contributed by atoms with van der Waals surface area (Å²) in [5.74, 6) is 2.97. The molecule has 2 aliphatic rings. The summed E-state index contributed by atoms with van der Waals surface area (Å²) < 4.78 is 7.99. The molecule has 1 N–H and O–H groups in total. The number of rotatable bonds is 5. The Morgan fingerprint density at radius 1 is 1.23 bits per heavy atom. The molecule has 0 spiro atoms. The lowest BCUT2D eigenvalue weighted by Crippen LogP contribution is -2.35. The van der Waals surface area contributed by atoms with Crippen LogP contribution in [-0.2, 0) is 19.6 Å². The Kier molecular flexibility index (Phi) is 4.93. The Morgan fingerprint density at radius 2 is 2.08 bits per heavy atom. The van der Waals surface area contributed by atoms with Crippen LogP contribution in [0.4, 0.5) is 0 Å². The van der Waals surface area contributed by atoms with Gasteiger partial charge in [-0.15, -0.1) is 10.2 Å². The molecular formula is C19H27N5O2. The maximum absolute atomic E-state index is 9.93. The lowest BCUT2D eigenvalue weighted by atomic mass is 10.1. The van der Waals surface area contributed by atoms with E-state index in [9.17, 15) is 5.11 Å². The van der Waals surface area contributed by atoms with Crippen molar-refractivity contribution < 1.29 is 9.84 Å². The Labute approximate surface area is 154 Å². The Morgan fingerprint density at radius 3 is 2.85 bits per heavy atom. The molecule has 0 saturated carbocycles. The van der Waals surface area contributed by atoms with Crippen molar-refractivity contribution in [3.05, 3.63) is 41.5 Å². The summed E-state index contributed by atoms with van der Waals surface area (Å²) in [6.07, 6.45) is 0.466. The minimum Gasteiger partial charge on any atom is -0.494 e. The molecule has 0 amide bonds. The molecule has 7 nitrogen and oxygen atoms in total. The van der Waals surface area contributed by atoms with Crippen LogP contribution < -0.4 is 4.74 Å². The van der Waals surface area contributed by atoms with Gasteiger partial charge >= 0.3 is 0 Å². The molecule has 1 saturated heterocycles. The van der Waals surface area contributed by atoms with Crippen LogP contribution in [0.1, 0.15) is 36.6 Å². The summed E-state index contributed by atoms with van der Waals surface area (Å²) in [5, 5.41) is 18.8. The Hall–Kier alpha value is -1.96. The number of benzene rings is 1. The number of aliphatic hydroxyl groups excluding tert-OH is 1. The maximum Gasteiger partial charge on any atom is 0.150 e. The quantitative estimate of drug-likeness (QED) is 0.873. The summed E-state index contributed by atoms with van der Waals surface area (Å²) in [4.78, 5) is 4.56. The number of nitrogens with zero attached hydrogens (tertiary/aromatic N) is 5. The number of aromatic nitrogens is 3. The van der Waals surface area contributed by atoms with Crippen LogP contribution in [0, 0.1) is 0 Å². The van der Waals surface area contributed by atoms with Crippen LogP contribution in [0.5, 0.6) is 5.75 Å². The van der Waals surface area contributed by atoms with Crippen molar-refractivity contribution in [3.63, 3.8) is 0 Å². The molecule has 2 aliphatic heterocycles. The minimum atomic E-state index is -0.270. The van der Waals surface area contributed by atoms with Crippen molar-refractivity contribution in [2.45, 2.75) is 45.1 Å². The molecule has 140 valence electrons. The summed E-state index contributed by atoms with van der Waals surface area (Å²) >= 11 is 0. The summed E-state index contributed by atoms with van der Waals surface area (Å²) in [5.41, 5.74) is 1.21. The van der Waals surface area contributed by atoms with E-state index in [1.54, 1.807) is 0 Å². The average molecular weight is 357 g/mol. The standard InChI is InChI=1S/C19H27N5O2/c1-3-26-17-7-5-4-6-14(17)11-23-8-9-24-18(13-23)20-21-19(24)16-10-15(25)12-22(16)2/h4-7,15-16,25H,3,8-13H2,1-2H3/t15-,16+/m1/s1. The van der Waals surface area contributed by atoms with Gasteiger partial charge in [0.15, 0.2) is 5.82 Å². The van der Waals surface area contributed by atoms with Gasteiger partial charge < -0.3 is 14.4 Å². The van der Waals surface area contributed by atoms with Gasteiger partial charge in [-0.25, -0.2) is 0 Å². The SMILES string of the molecule is CCOc1ccccc1CN1CCn2c(nnc2[C@@H]2C[C@@H](O)CN2C)C1. The molecule has 7 heteroatoms. The molecule has 0 bridgehead atoms. The highest BCUT2D eigenvalue weighted by atomic mass is 16.5. The largest absolute Gasteiger partial charge is 0.494 e. The lowest BCUT2D eigenvalue weighted by Gasteiger charge is -2.29. The zero-order chi connectivity index (χ0) is 18.1. The fraction of sp³-hybridized carbons (Fsp3) is 0.579. The first-order valence-electron chi connectivity index (χ1n) is 9.39. The first-order valence-corrected chi connectivity index (χ1v) is 9.39. The van der Waals surface area contributed by atoms with Crippen molar-refractivity contribution in [3.8, 4) is 5.75 Å². The van der Waals surface area contributed by atoms with Crippen LogP contribution in [0.15, 0.2) is 24.3 Å². The highest BCUT2D eigenvalue weighted by Gasteiger charge is 2.34. The predicted molar refractivity (Wildman–Crippen MR) is 97.7 cm³/mol. The zero-order valence-electron chi connectivity index (χ0n) is 15.5. The molecule has 26 heavy (non-hydrogen) atoms. The van der Waals surface area contributed by atoms with Crippen molar-refractivity contribution >= 4 is 0 Å². The molecule has 3 heterocycles. The highest BCUT2D eigenvalue weighted by Crippen LogP contribution is 2.31. The number of ether oxygens (including phenoxy) is 1. The minimum absolute atomic E-state index is 0.163. The van der Waals surface area contributed by atoms with Crippen molar-refractivity contribution in [2.24, 2.45) is 0 Å². The van der Waals surface area contributed by atoms with Crippen molar-refractivity contribution in [1.82, 2.24) is 24.6 Å². The van der Waals surface area contributed by atoms with Gasteiger partial charge in [0.05, 0.1) is 25.3 Å². The van der Waals surface area contributed by atoms with Crippen LogP contribution >= 0.6 is 0 Å². The average Bonchev–Trinajstić information content (AvgIpc) is 3.18. The molecule has 0 radical (unpaired) electrons. The number of aliphatic hydroxyl groups is 1. The molecule has 0 aliphatic carbocycles. The topological polar surface area (TPSA) is 66.6 Å². The fourth-order valence-corrected chi connectivity index (χ4v) is 4.06. The number of para-hydroxylation sites is 1. The second kappa shape index (κ2) is 7.34. The van der Waals surface area contributed by atoms with Gasteiger partial charge in [-0.1, -0.05) is 18.2 Å². The Balaban J connectivity index is 1.48. The molecule has 0 unspecified atom stereocenters. The van der Waals surface area contributed by atoms with Gasteiger partial charge in [-0.2, -0.15) is 0 Å². The third-order valence-corrected chi connectivity index (χ3v) is 5.35. The molecule has 2 atom stereocenters. The molecular weight excluding hydrogens is 330 g/mol. The highest BCUT2D eigenvalue weighted by molar-refractivity contribution is 5.33. The number of hydrogen-bond donors (Lipinski definition) is 1. The normalized spacial score (nSPS) is 24.0. The molecule has 4 rings (SSSR count). The Bertz CT molecular complexity index is 762. The first kappa shape index (κ1) is 17.5. The second-order valence-electron chi connectivity index (χ2n) is 7.22. The zero-order valence-corrected chi connectivity index (χ0v) is 15.5. The predicted octanol–water partition coefficient (Wildman–Crippen LogP) is 1.43. The number of fused-ring (bicyclic) bond motifs is 1. The van der Waals surface area contributed by atoms with E-state index >= 15 is 0 Å². The van der Waals surface area contributed by atoms with Gasteiger partial charge in [-0.3, -0.25) is 9.80 Å². The smallest absolute Gasteiger partial charge is 0.150 e. The van der Waals surface area contributed by atoms with Crippen LogP contribution in [-0.4, -0.2) is 62.5 Å². The van der Waals surface area contributed by atoms with E-state index in [1.165, 1.54) is 5.56 Å². The molecule has 1 aromatic carbocycles. The third kappa shape index (κ3) is 3.34. The van der Waals surface area contributed by atoms with Gasteiger partial charge in [0, 0.05) is 31.7 Å². The van der Waals surface area contributed by atoms with E-state index in [-0.39, 0.29) is 12.1 Å². The van der Waals surface area contributed by atoms with Gasteiger partial charge in [0.25, 0.3) is 0 Å². The van der Waals surface area contributed by atoms with Gasteiger partial charge in [0.2, 0.25) is 0 Å². The molecule has 2 aromatic rings. The maximum atomic E-state index is 9.93. The van der Waals surface area contributed by atoms with E-state index in [4.69, 9.17) is 4.74 Å². The van der Waals surface area contributed by atoms with E-state index < -0.39 is 0 Å². The van der Waals surface area contributed by atoms with Crippen LogP contribution in [0.2, 0.25) is 0 Å². The van der Waals surface area contributed by atoms with Gasteiger partial charge in [-0.05, 0) is 26.5 Å². The van der Waals surface area contributed by atoms with E-state index in [2.05, 4.69) is 36.7 Å². The number of likely N-dealkylation sites (tertiary alicyclic amines) is 1. The summed E-state index contributed by atoms with van der Waals surface area (Å²) in [6, 6.07) is 8.40. The monoisotopic (exact) mass is 357 g/mol. The van der Waals surface area contributed by atoms with Gasteiger partial charge in [0.1, 0.15) is 11.6 Å². The van der Waals surface area contributed by atoms with Crippen molar-refractivity contribution in [2.75, 3.05) is 26.7 Å². The second-order valence-corrected chi connectivity index (χ2v) is 7.22. The first-order chi connectivity index (χ1) is 12.7.